The number of nitrogens with zero attached hydrogens (tertiary/aromatic N) is 2. The number of rotatable bonds is 6. The van der Waals surface area contributed by atoms with Gasteiger partial charge < -0.3 is 14.7 Å². The predicted octanol–water partition coefficient (Wildman–Crippen LogP) is 4.79. The van der Waals surface area contributed by atoms with Gasteiger partial charge in [-0.2, -0.15) is 0 Å². The third-order valence-electron chi connectivity index (χ3n) is 5.89. The number of hydrogen-bond acceptors (Lipinski definition) is 5. The number of halogens is 3. The second-order valence-corrected chi connectivity index (χ2v) is 9.25. The smallest absolute Gasteiger partial charge is 0.295 e. The fourth-order valence-corrected chi connectivity index (χ4v) is 4.85. The molecule has 1 atom stereocenters. The van der Waals surface area contributed by atoms with E-state index < -0.39 is 17.7 Å². The Kier molecular flexibility index (Phi) is 7.62. The zero-order valence-corrected chi connectivity index (χ0v) is 20.0. The molecule has 1 N–H and O–H groups in total. The van der Waals surface area contributed by atoms with Crippen LogP contribution in [0.1, 0.15) is 23.6 Å². The second-order valence-electron chi connectivity index (χ2n) is 7.97. The van der Waals surface area contributed by atoms with Gasteiger partial charge in [-0.25, -0.2) is 0 Å². The molecule has 0 aromatic heterocycles. The van der Waals surface area contributed by atoms with E-state index in [4.69, 9.17) is 39.5 Å². The van der Waals surface area contributed by atoms with Crippen LogP contribution in [0.2, 0.25) is 15.1 Å². The van der Waals surface area contributed by atoms with Crippen molar-refractivity contribution >= 4 is 52.3 Å². The van der Waals surface area contributed by atoms with Gasteiger partial charge in [0, 0.05) is 46.8 Å². The van der Waals surface area contributed by atoms with E-state index >= 15 is 0 Å². The van der Waals surface area contributed by atoms with Crippen LogP contribution in [0.3, 0.4) is 0 Å². The molecular formula is C24H23Cl3N2O4. The van der Waals surface area contributed by atoms with Crippen LogP contribution in [0, 0.1) is 0 Å². The van der Waals surface area contributed by atoms with Crippen molar-refractivity contribution in [3.63, 3.8) is 0 Å². The Morgan fingerprint density at radius 3 is 2.30 bits per heavy atom. The molecule has 0 saturated carbocycles. The Morgan fingerprint density at radius 2 is 1.64 bits per heavy atom. The van der Waals surface area contributed by atoms with Gasteiger partial charge >= 0.3 is 0 Å². The Morgan fingerprint density at radius 1 is 0.970 bits per heavy atom. The van der Waals surface area contributed by atoms with Crippen molar-refractivity contribution in [1.29, 1.82) is 0 Å². The highest BCUT2D eigenvalue weighted by atomic mass is 35.5. The largest absolute Gasteiger partial charge is 0.507 e. The molecule has 174 valence electrons. The molecule has 2 fully saturated rings. The Balaban J connectivity index is 1.70. The van der Waals surface area contributed by atoms with Crippen molar-refractivity contribution in [1.82, 2.24) is 9.80 Å². The summed E-state index contributed by atoms with van der Waals surface area (Å²) in [6, 6.07) is 10.5. The number of aliphatic hydroxyl groups excluding tert-OH is 1. The average Bonchev–Trinajstić information content (AvgIpc) is 3.05. The third kappa shape index (κ3) is 5.20. The standard InChI is InChI=1S/C24H23Cl3N2O4/c25-16-4-2-15(3-5-16)22(30)20-21(18-7-6-17(26)14-19(18)27)29(24(32)23(20)31)9-1-8-28-10-12-33-13-11-28/h2-7,14,21,30H,1,8-13H2/t21-/m1/s1. The summed E-state index contributed by atoms with van der Waals surface area (Å²) >= 11 is 18.5. The van der Waals surface area contributed by atoms with Crippen LogP contribution in [-0.2, 0) is 14.3 Å². The van der Waals surface area contributed by atoms with Crippen molar-refractivity contribution in [3.8, 4) is 0 Å². The summed E-state index contributed by atoms with van der Waals surface area (Å²) in [5.41, 5.74) is 0.917. The lowest BCUT2D eigenvalue weighted by atomic mass is 9.95. The average molecular weight is 510 g/mol. The van der Waals surface area contributed by atoms with Crippen molar-refractivity contribution in [3.05, 3.63) is 74.2 Å². The maximum absolute atomic E-state index is 13.1. The zero-order valence-electron chi connectivity index (χ0n) is 17.8. The van der Waals surface area contributed by atoms with Gasteiger partial charge in [0.1, 0.15) is 5.76 Å². The van der Waals surface area contributed by atoms with Gasteiger partial charge in [-0.15, -0.1) is 0 Å². The summed E-state index contributed by atoms with van der Waals surface area (Å²) in [5.74, 6) is -1.68. The number of carbonyl (C=O) groups excluding carboxylic acids is 2. The highest BCUT2D eigenvalue weighted by Gasteiger charge is 2.46. The highest BCUT2D eigenvalue weighted by molar-refractivity contribution is 6.47. The van der Waals surface area contributed by atoms with E-state index in [0.717, 1.165) is 19.6 Å². The molecule has 9 heteroatoms. The zero-order chi connectivity index (χ0) is 23.5. The van der Waals surface area contributed by atoms with Gasteiger partial charge in [0.2, 0.25) is 0 Å². The van der Waals surface area contributed by atoms with Crippen LogP contribution in [-0.4, -0.2) is 66.0 Å². The maximum atomic E-state index is 13.1. The minimum absolute atomic E-state index is 0.00193. The third-order valence-corrected chi connectivity index (χ3v) is 6.71. The highest BCUT2D eigenvalue weighted by Crippen LogP contribution is 2.42. The molecule has 0 unspecified atom stereocenters. The van der Waals surface area contributed by atoms with E-state index in [1.165, 1.54) is 4.90 Å². The topological polar surface area (TPSA) is 70.1 Å². The number of ether oxygens (including phenoxy) is 1. The lowest BCUT2D eigenvalue weighted by Crippen LogP contribution is -2.39. The number of benzene rings is 2. The monoisotopic (exact) mass is 508 g/mol. The molecule has 2 aliphatic rings. The van der Waals surface area contributed by atoms with Gasteiger partial charge in [0.15, 0.2) is 0 Å². The van der Waals surface area contributed by atoms with Crippen LogP contribution in [0.4, 0.5) is 0 Å². The van der Waals surface area contributed by atoms with Gasteiger partial charge in [-0.1, -0.05) is 40.9 Å². The van der Waals surface area contributed by atoms with Gasteiger partial charge in [-0.05, 0) is 48.4 Å². The Labute approximate surface area is 207 Å². The molecule has 2 aromatic carbocycles. The summed E-state index contributed by atoms with van der Waals surface area (Å²) in [4.78, 5) is 29.9. The summed E-state index contributed by atoms with van der Waals surface area (Å²) < 4.78 is 5.38. The van der Waals surface area contributed by atoms with E-state index in [9.17, 15) is 14.7 Å². The molecule has 2 aliphatic heterocycles. The summed E-state index contributed by atoms with van der Waals surface area (Å²) in [6.45, 7) is 4.15. The number of hydrogen-bond donors (Lipinski definition) is 1. The first-order valence-corrected chi connectivity index (χ1v) is 11.8. The predicted molar refractivity (Wildman–Crippen MR) is 129 cm³/mol. The molecule has 1 amide bonds. The lowest BCUT2D eigenvalue weighted by molar-refractivity contribution is -0.140. The summed E-state index contributed by atoms with van der Waals surface area (Å²) in [7, 11) is 0. The first kappa shape index (κ1) is 24.0. The number of carbonyl (C=O) groups is 2. The van der Waals surface area contributed by atoms with Crippen LogP contribution in [0.5, 0.6) is 0 Å². The molecule has 0 spiro atoms. The van der Waals surface area contributed by atoms with E-state index in [2.05, 4.69) is 4.90 Å². The summed E-state index contributed by atoms with van der Waals surface area (Å²) in [6.07, 6.45) is 0.662. The van der Waals surface area contributed by atoms with Crippen molar-refractivity contribution in [2.45, 2.75) is 12.5 Å². The van der Waals surface area contributed by atoms with E-state index in [1.54, 1.807) is 42.5 Å². The Hall–Kier alpha value is -2.09. The minimum atomic E-state index is -0.824. The first-order chi connectivity index (χ1) is 15.9. The first-order valence-electron chi connectivity index (χ1n) is 10.7. The van der Waals surface area contributed by atoms with Crippen LogP contribution in [0.15, 0.2) is 48.0 Å². The van der Waals surface area contributed by atoms with Gasteiger partial charge in [-0.3, -0.25) is 14.5 Å². The number of aliphatic hydroxyl groups is 1. The molecule has 0 bridgehead atoms. The number of morpholine rings is 1. The van der Waals surface area contributed by atoms with E-state index in [1.807, 2.05) is 0 Å². The number of amides is 1. The quantitative estimate of drug-likeness (QED) is 0.344. The Bertz CT molecular complexity index is 1080. The molecule has 4 rings (SSSR count). The molecule has 33 heavy (non-hydrogen) atoms. The minimum Gasteiger partial charge on any atom is -0.507 e. The molecular weight excluding hydrogens is 487 g/mol. The summed E-state index contributed by atoms with van der Waals surface area (Å²) in [5, 5.41) is 12.3. The van der Waals surface area contributed by atoms with E-state index in [0.29, 0.717) is 52.4 Å². The molecule has 0 aliphatic carbocycles. The maximum Gasteiger partial charge on any atom is 0.295 e. The van der Waals surface area contributed by atoms with Gasteiger partial charge in [0.25, 0.3) is 11.7 Å². The van der Waals surface area contributed by atoms with Crippen LogP contribution < -0.4 is 0 Å². The fourth-order valence-electron chi connectivity index (χ4n) is 4.21. The fraction of sp³-hybridized carbons (Fsp3) is 0.333. The van der Waals surface area contributed by atoms with Crippen molar-refractivity contribution < 1.29 is 19.4 Å². The molecule has 2 saturated heterocycles. The van der Waals surface area contributed by atoms with E-state index in [-0.39, 0.29) is 11.3 Å². The van der Waals surface area contributed by atoms with Crippen LogP contribution >= 0.6 is 34.8 Å². The van der Waals surface area contributed by atoms with Crippen molar-refractivity contribution in [2.24, 2.45) is 0 Å². The molecule has 6 nitrogen and oxygen atoms in total. The molecule has 2 aromatic rings. The van der Waals surface area contributed by atoms with Gasteiger partial charge in [0.05, 0.1) is 24.8 Å². The number of likely N-dealkylation sites (tertiary alicyclic amines) is 1. The molecule has 0 radical (unpaired) electrons. The second kappa shape index (κ2) is 10.5. The number of Topliss-reactive ketones (excluding diaryl/α,β-unsaturated/α-hetero) is 1. The van der Waals surface area contributed by atoms with Crippen LogP contribution in [0.25, 0.3) is 5.76 Å². The lowest BCUT2D eigenvalue weighted by Gasteiger charge is -2.29. The normalized spacial score (nSPS) is 21.1. The number of ketones is 1. The molecule has 2 heterocycles. The van der Waals surface area contributed by atoms with Crippen molar-refractivity contribution in [2.75, 3.05) is 39.4 Å². The SMILES string of the molecule is O=C1C(=O)N(CCCN2CCOCC2)[C@H](c2ccc(Cl)cc2Cl)C1=C(O)c1ccc(Cl)cc1.